The zero-order valence-electron chi connectivity index (χ0n) is 9.53. The predicted octanol–water partition coefficient (Wildman–Crippen LogP) is 2.17. The number of hydrogen-bond donors (Lipinski definition) is 2. The topological polar surface area (TPSA) is 40.5 Å². The van der Waals surface area contributed by atoms with E-state index in [2.05, 4.69) is 0 Å². The molecule has 0 aliphatic carbocycles. The van der Waals surface area contributed by atoms with Gasteiger partial charge in [-0.15, -0.1) is 0 Å². The molecule has 2 heteroatoms. The standard InChI is InChI=1S/C15H16O2/c16-11-14(17)15(12-7-3-1-4-8-12)13-9-5-2-6-10-13/h1-10,14-17H,11H2/t14-/m1/s1. The Balaban J connectivity index is 2.39. The fourth-order valence-corrected chi connectivity index (χ4v) is 2.06. The third kappa shape index (κ3) is 2.73. The highest BCUT2D eigenvalue weighted by Gasteiger charge is 2.21. The second-order valence-electron chi connectivity index (χ2n) is 4.05. The summed E-state index contributed by atoms with van der Waals surface area (Å²) in [7, 11) is 0. The Labute approximate surface area is 101 Å². The van der Waals surface area contributed by atoms with Crippen molar-refractivity contribution >= 4 is 0 Å². The molecule has 2 nitrogen and oxygen atoms in total. The lowest BCUT2D eigenvalue weighted by Gasteiger charge is -2.22. The molecule has 0 bridgehead atoms. The van der Waals surface area contributed by atoms with Crippen molar-refractivity contribution in [3.63, 3.8) is 0 Å². The van der Waals surface area contributed by atoms with Gasteiger partial charge in [-0.25, -0.2) is 0 Å². The van der Waals surface area contributed by atoms with Gasteiger partial charge in [-0.1, -0.05) is 60.7 Å². The van der Waals surface area contributed by atoms with Crippen LogP contribution in [0.25, 0.3) is 0 Å². The predicted molar refractivity (Wildman–Crippen MR) is 67.8 cm³/mol. The maximum absolute atomic E-state index is 9.97. The number of benzene rings is 2. The molecule has 2 rings (SSSR count). The second-order valence-corrected chi connectivity index (χ2v) is 4.05. The summed E-state index contributed by atoms with van der Waals surface area (Å²) in [6.45, 7) is -0.242. The van der Waals surface area contributed by atoms with Crippen LogP contribution in [0, 0.1) is 0 Å². The number of rotatable bonds is 4. The average molecular weight is 228 g/mol. The zero-order chi connectivity index (χ0) is 12.1. The van der Waals surface area contributed by atoms with Crippen LogP contribution in [0.15, 0.2) is 60.7 Å². The van der Waals surface area contributed by atoms with Crippen molar-refractivity contribution < 1.29 is 10.2 Å². The minimum absolute atomic E-state index is 0.178. The molecule has 1 atom stereocenters. The van der Waals surface area contributed by atoms with Gasteiger partial charge in [-0.3, -0.25) is 0 Å². The lowest BCUT2D eigenvalue weighted by molar-refractivity contribution is 0.0823. The van der Waals surface area contributed by atoms with Crippen LogP contribution in [-0.2, 0) is 0 Å². The van der Waals surface area contributed by atoms with Gasteiger partial charge in [0.05, 0.1) is 12.7 Å². The first-order valence-corrected chi connectivity index (χ1v) is 5.71. The van der Waals surface area contributed by atoms with E-state index in [0.717, 1.165) is 11.1 Å². The Morgan fingerprint density at radius 3 is 1.53 bits per heavy atom. The summed E-state index contributed by atoms with van der Waals surface area (Å²) in [6.07, 6.45) is -0.778. The van der Waals surface area contributed by atoms with Gasteiger partial charge in [0.15, 0.2) is 0 Å². The van der Waals surface area contributed by atoms with E-state index in [0.29, 0.717) is 0 Å². The van der Waals surface area contributed by atoms with Gasteiger partial charge in [0.1, 0.15) is 0 Å². The molecule has 0 radical (unpaired) electrons. The highest BCUT2D eigenvalue weighted by Crippen LogP contribution is 2.27. The normalized spacial score (nSPS) is 12.6. The summed E-state index contributed by atoms with van der Waals surface area (Å²) in [5.74, 6) is -0.178. The van der Waals surface area contributed by atoms with Crippen molar-refractivity contribution in [3.05, 3.63) is 71.8 Å². The minimum atomic E-state index is -0.778. The van der Waals surface area contributed by atoms with E-state index < -0.39 is 6.10 Å². The number of aliphatic hydroxyl groups excluding tert-OH is 2. The van der Waals surface area contributed by atoms with Crippen LogP contribution in [0.5, 0.6) is 0 Å². The lowest BCUT2D eigenvalue weighted by atomic mass is 9.87. The van der Waals surface area contributed by atoms with E-state index >= 15 is 0 Å². The fraction of sp³-hybridized carbons (Fsp3) is 0.200. The van der Waals surface area contributed by atoms with Crippen LogP contribution in [0.2, 0.25) is 0 Å². The lowest BCUT2D eigenvalue weighted by Crippen LogP contribution is -2.23. The molecule has 0 saturated heterocycles. The molecule has 88 valence electrons. The molecular weight excluding hydrogens is 212 g/mol. The molecular formula is C15H16O2. The summed E-state index contributed by atoms with van der Waals surface area (Å²) < 4.78 is 0. The Bertz CT molecular complexity index is 399. The van der Waals surface area contributed by atoms with E-state index in [4.69, 9.17) is 0 Å². The summed E-state index contributed by atoms with van der Waals surface area (Å²) in [6, 6.07) is 19.5. The van der Waals surface area contributed by atoms with Crippen molar-refractivity contribution in [1.29, 1.82) is 0 Å². The van der Waals surface area contributed by atoms with Crippen LogP contribution < -0.4 is 0 Å². The first-order valence-electron chi connectivity index (χ1n) is 5.71. The monoisotopic (exact) mass is 228 g/mol. The third-order valence-corrected chi connectivity index (χ3v) is 2.89. The summed E-state index contributed by atoms with van der Waals surface area (Å²) >= 11 is 0. The van der Waals surface area contributed by atoms with Gasteiger partial charge < -0.3 is 10.2 Å². The molecule has 0 aliphatic heterocycles. The van der Waals surface area contributed by atoms with Crippen molar-refractivity contribution in [2.75, 3.05) is 6.61 Å². The maximum Gasteiger partial charge on any atom is 0.0879 e. The Morgan fingerprint density at radius 2 is 1.18 bits per heavy atom. The molecule has 2 aromatic carbocycles. The molecule has 17 heavy (non-hydrogen) atoms. The Morgan fingerprint density at radius 1 is 0.765 bits per heavy atom. The summed E-state index contributed by atoms with van der Waals surface area (Å²) in [4.78, 5) is 0. The molecule has 2 N–H and O–H groups in total. The van der Waals surface area contributed by atoms with Crippen molar-refractivity contribution in [1.82, 2.24) is 0 Å². The maximum atomic E-state index is 9.97. The van der Waals surface area contributed by atoms with Crippen LogP contribution in [0.4, 0.5) is 0 Å². The van der Waals surface area contributed by atoms with Crippen LogP contribution >= 0.6 is 0 Å². The highest BCUT2D eigenvalue weighted by atomic mass is 16.3. The first kappa shape index (κ1) is 11.8. The van der Waals surface area contributed by atoms with Crippen LogP contribution in [0.1, 0.15) is 17.0 Å². The van der Waals surface area contributed by atoms with Crippen molar-refractivity contribution in [2.45, 2.75) is 12.0 Å². The molecule has 0 heterocycles. The molecule has 2 aromatic rings. The van der Waals surface area contributed by atoms with E-state index in [1.807, 2.05) is 60.7 Å². The minimum Gasteiger partial charge on any atom is -0.394 e. The van der Waals surface area contributed by atoms with Crippen LogP contribution in [0.3, 0.4) is 0 Å². The first-order chi connectivity index (χ1) is 8.33. The largest absolute Gasteiger partial charge is 0.394 e. The average Bonchev–Trinajstić information content (AvgIpc) is 2.41. The Kier molecular flexibility index (Phi) is 3.91. The molecule has 0 aromatic heterocycles. The Hall–Kier alpha value is -1.64. The van der Waals surface area contributed by atoms with E-state index in [-0.39, 0.29) is 12.5 Å². The van der Waals surface area contributed by atoms with Crippen molar-refractivity contribution in [3.8, 4) is 0 Å². The van der Waals surface area contributed by atoms with Gasteiger partial charge in [0.25, 0.3) is 0 Å². The van der Waals surface area contributed by atoms with E-state index in [9.17, 15) is 10.2 Å². The zero-order valence-corrected chi connectivity index (χ0v) is 9.53. The fourth-order valence-electron chi connectivity index (χ4n) is 2.06. The SMILES string of the molecule is OC[C@@H](O)C(c1ccccc1)c1ccccc1. The molecule has 0 saturated carbocycles. The molecule has 0 aliphatic rings. The second kappa shape index (κ2) is 5.62. The van der Waals surface area contributed by atoms with E-state index in [1.54, 1.807) is 0 Å². The summed E-state index contributed by atoms with van der Waals surface area (Å²) in [5, 5.41) is 19.2. The molecule has 0 unspecified atom stereocenters. The quantitative estimate of drug-likeness (QED) is 0.842. The molecule has 0 amide bonds. The third-order valence-electron chi connectivity index (χ3n) is 2.89. The van der Waals surface area contributed by atoms with Gasteiger partial charge in [0, 0.05) is 5.92 Å². The van der Waals surface area contributed by atoms with E-state index in [1.165, 1.54) is 0 Å². The van der Waals surface area contributed by atoms with Crippen LogP contribution in [-0.4, -0.2) is 22.9 Å². The van der Waals surface area contributed by atoms with Gasteiger partial charge >= 0.3 is 0 Å². The summed E-state index contributed by atoms with van der Waals surface area (Å²) in [5.41, 5.74) is 2.03. The highest BCUT2D eigenvalue weighted by molar-refractivity contribution is 5.33. The van der Waals surface area contributed by atoms with Gasteiger partial charge in [-0.05, 0) is 11.1 Å². The number of hydrogen-bond acceptors (Lipinski definition) is 2. The van der Waals surface area contributed by atoms with Crippen molar-refractivity contribution in [2.24, 2.45) is 0 Å². The smallest absolute Gasteiger partial charge is 0.0879 e. The molecule has 0 fully saturated rings. The van der Waals surface area contributed by atoms with Gasteiger partial charge in [-0.2, -0.15) is 0 Å². The molecule has 0 spiro atoms. The number of aliphatic hydroxyl groups is 2. The van der Waals surface area contributed by atoms with Gasteiger partial charge in [0.2, 0.25) is 0 Å².